The Morgan fingerprint density at radius 1 is 1.31 bits per heavy atom. The van der Waals surface area contributed by atoms with Crippen molar-refractivity contribution < 1.29 is 14.3 Å². The van der Waals surface area contributed by atoms with E-state index in [2.05, 4.69) is 0 Å². The summed E-state index contributed by atoms with van der Waals surface area (Å²) in [6, 6.07) is 0. The summed E-state index contributed by atoms with van der Waals surface area (Å²) in [5.74, 6) is -0.184. The van der Waals surface area contributed by atoms with Crippen LogP contribution in [0.4, 0.5) is 0 Å². The normalized spacial score (nSPS) is 18.5. The molecule has 0 N–H and O–H groups in total. The molecule has 0 spiro atoms. The number of esters is 1. The molecule has 0 saturated heterocycles. The first-order valence-corrected chi connectivity index (χ1v) is 5.10. The summed E-state index contributed by atoms with van der Waals surface area (Å²) >= 11 is 0. The molecule has 0 aromatic heterocycles. The van der Waals surface area contributed by atoms with Gasteiger partial charge in [0.1, 0.15) is 0 Å². The van der Waals surface area contributed by atoms with Crippen LogP contribution in [0.5, 0.6) is 0 Å². The van der Waals surface area contributed by atoms with E-state index < -0.39 is 0 Å². The molecule has 3 nitrogen and oxygen atoms in total. The third-order valence-corrected chi connectivity index (χ3v) is 2.36. The molecule has 1 rings (SSSR count). The monoisotopic (exact) mass is 186 g/mol. The first-order valence-electron chi connectivity index (χ1n) is 5.10. The van der Waals surface area contributed by atoms with Gasteiger partial charge in [0, 0.05) is 6.42 Å². The van der Waals surface area contributed by atoms with Gasteiger partial charge in [-0.3, -0.25) is 4.79 Å². The molecule has 0 amide bonds. The smallest absolute Gasteiger partial charge is 0.307 e. The lowest BCUT2D eigenvalue weighted by molar-refractivity contribution is -0.161. The van der Waals surface area contributed by atoms with Gasteiger partial charge in [-0.05, 0) is 12.8 Å². The molecule has 0 aromatic carbocycles. The maximum absolute atomic E-state index is 10.8. The van der Waals surface area contributed by atoms with Gasteiger partial charge in [-0.2, -0.15) is 0 Å². The van der Waals surface area contributed by atoms with Gasteiger partial charge in [-0.1, -0.05) is 26.2 Å². The van der Waals surface area contributed by atoms with Crippen LogP contribution in [0.15, 0.2) is 0 Å². The Hall–Kier alpha value is -0.570. The number of hydrogen-bond acceptors (Lipinski definition) is 3. The zero-order valence-electron chi connectivity index (χ0n) is 8.25. The third kappa shape index (κ3) is 4.27. The highest BCUT2D eigenvalue weighted by Crippen LogP contribution is 2.19. The summed E-state index contributed by atoms with van der Waals surface area (Å²) in [4.78, 5) is 10.8. The SMILES string of the molecule is CCC(=O)OCOC1CCCCC1. The number of hydrogen-bond donors (Lipinski definition) is 0. The summed E-state index contributed by atoms with van der Waals surface area (Å²) in [6.07, 6.45) is 6.77. The molecule has 0 aromatic rings. The Morgan fingerprint density at radius 3 is 2.62 bits per heavy atom. The van der Waals surface area contributed by atoms with Crippen molar-refractivity contribution in [3.8, 4) is 0 Å². The van der Waals surface area contributed by atoms with Gasteiger partial charge >= 0.3 is 5.97 Å². The van der Waals surface area contributed by atoms with Gasteiger partial charge in [-0.25, -0.2) is 0 Å². The molecule has 0 heterocycles. The maximum atomic E-state index is 10.8. The highest BCUT2D eigenvalue weighted by atomic mass is 16.7. The Labute approximate surface area is 79.4 Å². The fourth-order valence-corrected chi connectivity index (χ4v) is 1.53. The van der Waals surface area contributed by atoms with Crippen molar-refractivity contribution >= 4 is 5.97 Å². The van der Waals surface area contributed by atoms with Crippen LogP contribution in [0.3, 0.4) is 0 Å². The van der Waals surface area contributed by atoms with E-state index in [4.69, 9.17) is 9.47 Å². The van der Waals surface area contributed by atoms with Gasteiger partial charge in [0.15, 0.2) is 6.79 Å². The summed E-state index contributed by atoms with van der Waals surface area (Å²) in [5.41, 5.74) is 0. The highest BCUT2D eigenvalue weighted by Gasteiger charge is 2.13. The number of ether oxygens (including phenoxy) is 2. The lowest BCUT2D eigenvalue weighted by Crippen LogP contribution is -2.19. The Morgan fingerprint density at radius 2 is 2.00 bits per heavy atom. The number of carbonyl (C=O) groups excluding carboxylic acids is 1. The molecule has 1 saturated carbocycles. The minimum Gasteiger partial charge on any atom is -0.438 e. The molecule has 1 aliphatic rings. The van der Waals surface area contributed by atoms with Gasteiger partial charge in [0.2, 0.25) is 0 Å². The second-order valence-electron chi connectivity index (χ2n) is 3.41. The van der Waals surface area contributed by atoms with Crippen LogP contribution in [0.2, 0.25) is 0 Å². The van der Waals surface area contributed by atoms with Crippen LogP contribution in [0.25, 0.3) is 0 Å². The predicted molar refractivity (Wildman–Crippen MR) is 49.2 cm³/mol. The second-order valence-corrected chi connectivity index (χ2v) is 3.41. The fraction of sp³-hybridized carbons (Fsp3) is 0.900. The standard InChI is InChI=1S/C10H18O3/c1-2-10(11)13-8-12-9-6-4-3-5-7-9/h9H,2-8H2,1H3. The fourth-order valence-electron chi connectivity index (χ4n) is 1.53. The van der Waals surface area contributed by atoms with Gasteiger partial charge < -0.3 is 9.47 Å². The van der Waals surface area contributed by atoms with Gasteiger partial charge in [0.25, 0.3) is 0 Å². The Kier molecular flexibility index (Phi) is 4.83. The summed E-state index contributed by atoms with van der Waals surface area (Å²) in [5, 5.41) is 0. The lowest BCUT2D eigenvalue weighted by Gasteiger charge is -2.21. The molecule has 0 atom stereocenters. The predicted octanol–water partition coefficient (Wildman–Crippen LogP) is 2.25. The van der Waals surface area contributed by atoms with E-state index in [1.165, 1.54) is 19.3 Å². The van der Waals surface area contributed by atoms with Crippen LogP contribution in [-0.2, 0) is 14.3 Å². The molecular weight excluding hydrogens is 168 g/mol. The van der Waals surface area contributed by atoms with Crippen molar-refractivity contribution in [1.29, 1.82) is 0 Å². The van der Waals surface area contributed by atoms with E-state index in [0.29, 0.717) is 12.5 Å². The molecule has 0 unspecified atom stereocenters. The summed E-state index contributed by atoms with van der Waals surface area (Å²) < 4.78 is 10.2. The van der Waals surface area contributed by atoms with Crippen molar-refractivity contribution in [2.45, 2.75) is 51.6 Å². The van der Waals surface area contributed by atoms with Crippen LogP contribution < -0.4 is 0 Å². The second kappa shape index (κ2) is 5.97. The molecule has 0 aliphatic heterocycles. The molecule has 3 heteroatoms. The van der Waals surface area contributed by atoms with Crippen LogP contribution in [0.1, 0.15) is 45.4 Å². The van der Waals surface area contributed by atoms with E-state index in [1.54, 1.807) is 6.92 Å². The van der Waals surface area contributed by atoms with Crippen LogP contribution >= 0.6 is 0 Å². The average molecular weight is 186 g/mol. The zero-order chi connectivity index (χ0) is 9.52. The summed E-state index contributed by atoms with van der Waals surface area (Å²) in [6.45, 7) is 1.92. The van der Waals surface area contributed by atoms with Gasteiger partial charge in [-0.15, -0.1) is 0 Å². The molecule has 0 bridgehead atoms. The minimum absolute atomic E-state index is 0.136. The molecular formula is C10H18O3. The molecule has 13 heavy (non-hydrogen) atoms. The Balaban J connectivity index is 2.01. The number of carbonyl (C=O) groups is 1. The first-order chi connectivity index (χ1) is 6.33. The van der Waals surface area contributed by atoms with Gasteiger partial charge in [0.05, 0.1) is 6.10 Å². The first kappa shape index (κ1) is 10.5. The maximum Gasteiger partial charge on any atom is 0.307 e. The largest absolute Gasteiger partial charge is 0.438 e. The highest BCUT2D eigenvalue weighted by molar-refractivity contribution is 5.68. The minimum atomic E-state index is -0.184. The van der Waals surface area contributed by atoms with Crippen molar-refractivity contribution in [2.75, 3.05) is 6.79 Å². The van der Waals surface area contributed by atoms with Crippen LogP contribution in [0, 0.1) is 0 Å². The molecule has 1 aliphatic carbocycles. The van der Waals surface area contributed by atoms with E-state index in [9.17, 15) is 4.79 Å². The Bertz CT molecular complexity index is 150. The molecule has 76 valence electrons. The topological polar surface area (TPSA) is 35.5 Å². The number of rotatable bonds is 4. The van der Waals surface area contributed by atoms with Crippen molar-refractivity contribution in [3.05, 3.63) is 0 Å². The molecule has 0 radical (unpaired) electrons. The van der Waals surface area contributed by atoms with Crippen molar-refractivity contribution in [1.82, 2.24) is 0 Å². The zero-order valence-corrected chi connectivity index (χ0v) is 8.25. The lowest BCUT2D eigenvalue weighted by atomic mass is 9.98. The van der Waals surface area contributed by atoms with Crippen LogP contribution in [-0.4, -0.2) is 18.9 Å². The third-order valence-electron chi connectivity index (χ3n) is 2.36. The van der Waals surface area contributed by atoms with Crippen molar-refractivity contribution in [2.24, 2.45) is 0 Å². The van der Waals surface area contributed by atoms with E-state index >= 15 is 0 Å². The molecule has 1 fully saturated rings. The van der Waals surface area contributed by atoms with Crippen molar-refractivity contribution in [3.63, 3.8) is 0 Å². The van der Waals surface area contributed by atoms with E-state index in [-0.39, 0.29) is 12.8 Å². The summed E-state index contributed by atoms with van der Waals surface area (Å²) in [7, 11) is 0. The van der Waals surface area contributed by atoms with E-state index in [0.717, 1.165) is 12.8 Å². The quantitative estimate of drug-likeness (QED) is 0.499. The van der Waals surface area contributed by atoms with E-state index in [1.807, 2.05) is 0 Å². The average Bonchev–Trinajstić information content (AvgIpc) is 2.19.